The number of esters is 2. The molecule has 0 radical (unpaired) electrons. The highest BCUT2D eigenvalue weighted by atomic mass is 16.5. The molecule has 0 bridgehead atoms. The lowest BCUT2D eigenvalue weighted by atomic mass is 9.78. The van der Waals surface area contributed by atoms with Crippen molar-refractivity contribution in [1.82, 2.24) is 0 Å². The van der Waals surface area contributed by atoms with Gasteiger partial charge in [0.2, 0.25) is 0 Å². The Labute approximate surface area is 263 Å². The van der Waals surface area contributed by atoms with Crippen molar-refractivity contribution < 1.29 is 28.7 Å². The smallest absolute Gasteiger partial charge is 0.310 e. The van der Waals surface area contributed by atoms with Crippen molar-refractivity contribution in [2.75, 3.05) is 39.4 Å². The summed E-state index contributed by atoms with van der Waals surface area (Å²) in [5, 5.41) is 13.2. The number of hydrogen-bond acceptors (Lipinski definition) is 5. The lowest BCUT2D eigenvalue weighted by Crippen LogP contribution is -2.50. The quantitative estimate of drug-likeness (QED) is 0.0915. The third-order valence-corrected chi connectivity index (χ3v) is 9.02. The molecule has 0 atom stereocenters. The number of quaternary nitrogens is 1. The molecule has 1 aromatic carbocycles. The monoisotopic (exact) mass is 601 g/mol. The fourth-order valence-electron chi connectivity index (χ4n) is 6.22. The average Bonchev–Trinajstić information content (AvgIpc) is 3.38. The first-order chi connectivity index (χ1) is 20.3. The molecule has 1 fully saturated rings. The summed E-state index contributed by atoms with van der Waals surface area (Å²) in [5.74, 6) is -0.280. The zero-order valence-electron chi connectivity index (χ0n) is 28.8. The molecule has 0 saturated carbocycles. The lowest BCUT2D eigenvalue weighted by Gasteiger charge is -2.34. The van der Waals surface area contributed by atoms with E-state index in [-0.39, 0.29) is 34.9 Å². The Morgan fingerprint density at radius 3 is 1.63 bits per heavy atom. The van der Waals surface area contributed by atoms with E-state index < -0.39 is 0 Å². The normalized spacial score (nSPS) is 15.0. The van der Waals surface area contributed by atoms with E-state index in [1.54, 1.807) is 0 Å². The summed E-state index contributed by atoms with van der Waals surface area (Å²) in [5.41, 5.74) is 1.71. The Bertz CT molecular complexity index is 947. The molecule has 1 aromatic rings. The van der Waals surface area contributed by atoms with Crippen LogP contribution in [0.25, 0.3) is 0 Å². The Morgan fingerprint density at radius 2 is 1.16 bits per heavy atom. The molecule has 0 N–H and O–H groups in total. The lowest BCUT2D eigenvalue weighted by molar-refractivity contribution is -0.917. The van der Waals surface area contributed by atoms with Gasteiger partial charge in [0.25, 0.3) is 0 Å². The zero-order valence-corrected chi connectivity index (χ0v) is 28.8. The van der Waals surface area contributed by atoms with Crippen LogP contribution in [0.1, 0.15) is 149 Å². The van der Waals surface area contributed by atoms with Crippen LogP contribution < -0.4 is 5.11 Å². The summed E-state index contributed by atoms with van der Waals surface area (Å²) in [7, 11) is 0. The second-order valence-electron chi connectivity index (χ2n) is 15.0. The molecule has 0 spiro atoms. The van der Waals surface area contributed by atoms with Crippen molar-refractivity contribution in [2.45, 2.75) is 149 Å². The van der Waals surface area contributed by atoms with Gasteiger partial charge in [0, 0.05) is 19.3 Å². The van der Waals surface area contributed by atoms with Crippen LogP contribution in [0.3, 0.4) is 0 Å². The van der Waals surface area contributed by atoms with Crippen LogP contribution in [0.4, 0.5) is 0 Å². The molecule has 0 amide bonds. The highest BCUT2D eigenvalue weighted by Gasteiger charge is 2.32. The molecule has 6 heteroatoms. The first-order valence-corrected chi connectivity index (χ1v) is 17.3. The van der Waals surface area contributed by atoms with E-state index in [1.165, 1.54) is 51.4 Å². The topological polar surface area (TPSA) is 75.7 Å². The summed E-state index contributed by atoms with van der Waals surface area (Å²) < 4.78 is 12.2. The molecule has 1 heterocycles. The Hall–Kier alpha value is -2.08. The fraction of sp³-hybridized carbons (Fsp3) is 0.784. The van der Waals surface area contributed by atoms with E-state index in [0.717, 1.165) is 73.0 Å². The van der Waals surface area contributed by atoms with E-state index in [2.05, 4.69) is 6.92 Å². The van der Waals surface area contributed by atoms with E-state index in [1.807, 2.05) is 53.7 Å². The Kier molecular flexibility index (Phi) is 15.6. The molecule has 1 aliphatic rings. The van der Waals surface area contributed by atoms with Crippen molar-refractivity contribution in [3.63, 3.8) is 0 Å². The van der Waals surface area contributed by atoms with Gasteiger partial charge in [-0.15, -0.1) is 5.75 Å². The number of rotatable bonds is 19. The third kappa shape index (κ3) is 13.6. The van der Waals surface area contributed by atoms with Gasteiger partial charge in [0.15, 0.2) is 0 Å². The van der Waals surface area contributed by atoms with Gasteiger partial charge in [-0.25, -0.2) is 0 Å². The predicted octanol–water partition coefficient (Wildman–Crippen LogP) is 7.91. The molecule has 0 aromatic heterocycles. The van der Waals surface area contributed by atoms with Gasteiger partial charge in [0.05, 0.1) is 19.5 Å². The summed E-state index contributed by atoms with van der Waals surface area (Å²) >= 11 is 0. The minimum atomic E-state index is -0.306. The van der Waals surface area contributed by atoms with Crippen LogP contribution in [0, 0.1) is 0 Å². The third-order valence-electron chi connectivity index (χ3n) is 9.02. The van der Waals surface area contributed by atoms with Crippen LogP contribution in [0.2, 0.25) is 0 Å². The summed E-state index contributed by atoms with van der Waals surface area (Å²) in [6, 6.07) is 3.77. The highest BCUT2D eigenvalue weighted by Crippen LogP contribution is 2.38. The van der Waals surface area contributed by atoms with Gasteiger partial charge in [-0.3, -0.25) is 9.59 Å². The summed E-state index contributed by atoms with van der Waals surface area (Å²) in [6.45, 7) is 18.8. The highest BCUT2D eigenvalue weighted by molar-refractivity contribution is 5.73. The molecule has 1 aliphatic heterocycles. The molecule has 6 nitrogen and oxygen atoms in total. The van der Waals surface area contributed by atoms with Gasteiger partial charge in [0.1, 0.15) is 26.3 Å². The van der Waals surface area contributed by atoms with Crippen molar-refractivity contribution in [3.8, 4) is 5.75 Å². The number of ether oxygens (including phenoxy) is 2. The van der Waals surface area contributed by atoms with Crippen molar-refractivity contribution in [2.24, 2.45) is 0 Å². The SMILES string of the molecule is CCCCCCCCCCCCC(=O)OCC[N+]1(CCOC(=O)Cc2cc(C(C)(C)C)c([O-])c(C(C)(C)C)c2)CCCC1. The fourth-order valence-corrected chi connectivity index (χ4v) is 6.22. The van der Waals surface area contributed by atoms with Crippen molar-refractivity contribution in [1.29, 1.82) is 0 Å². The standard InChI is InChI=1S/C37H63NO5/c1-8-9-10-11-12-13-14-15-16-17-20-33(39)42-25-23-38(21-18-19-22-38)24-26-43-34(40)29-30-27-31(36(2,3)4)35(41)32(28-30)37(5,6)7/h27-28H,8-26,29H2,1-7H3. The second kappa shape index (κ2) is 18.0. The van der Waals surface area contributed by atoms with Gasteiger partial charge >= 0.3 is 11.9 Å². The summed E-state index contributed by atoms with van der Waals surface area (Å²) in [4.78, 5) is 25.2. The number of carbonyl (C=O) groups excluding carboxylic acids is 2. The van der Waals surface area contributed by atoms with E-state index >= 15 is 0 Å². The minimum Gasteiger partial charge on any atom is -0.872 e. The maximum absolute atomic E-state index is 13.2. The van der Waals surface area contributed by atoms with E-state index in [0.29, 0.717) is 19.6 Å². The molecule has 0 aliphatic carbocycles. The molecule has 246 valence electrons. The molecule has 43 heavy (non-hydrogen) atoms. The van der Waals surface area contributed by atoms with Gasteiger partial charge < -0.3 is 19.1 Å². The van der Waals surface area contributed by atoms with Crippen LogP contribution in [-0.4, -0.2) is 55.8 Å². The van der Waals surface area contributed by atoms with Gasteiger partial charge in [-0.05, 0) is 33.9 Å². The summed E-state index contributed by atoms with van der Waals surface area (Å²) in [6.07, 6.45) is 15.5. The van der Waals surface area contributed by atoms with Crippen LogP contribution in [0.5, 0.6) is 5.75 Å². The van der Waals surface area contributed by atoms with Crippen LogP contribution >= 0.6 is 0 Å². The van der Waals surface area contributed by atoms with Gasteiger partial charge in [-0.2, -0.15) is 0 Å². The maximum Gasteiger partial charge on any atom is 0.310 e. The number of likely N-dealkylation sites (tertiary alicyclic amines) is 1. The maximum atomic E-state index is 13.2. The molecule has 2 rings (SSSR count). The molecular formula is C37H63NO5. The Balaban J connectivity index is 1.74. The molecule has 1 saturated heterocycles. The minimum absolute atomic E-state index is 0.0711. The zero-order chi connectivity index (χ0) is 31.9. The molecule has 0 unspecified atom stereocenters. The number of nitrogens with zero attached hydrogens (tertiary/aromatic N) is 1. The van der Waals surface area contributed by atoms with Crippen molar-refractivity contribution in [3.05, 3.63) is 28.8 Å². The predicted molar refractivity (Wildman–Crippen MR) is 174 cm³/mol. The first-order valence-electron chi connectivity index (χ1n) is 17.3. The van der Waals surface area contributed by atoms with E-state index in [4.69, 9.17) is 9.47 Å². The van der Waals surface area contributed by atoms with Gasteiger partial charge in [-0.1, -0.05) is 118 Å². The number of hydrogen-bond donors (Lipinski definition) is 0. The molecular weight excluding hydrogens is 538 g/mol. The second-order valence-corrected chi connectivity index (χ2v) is 15.0. The van der Waals surface area contributed by atoms with Crippen molar-refractivity contribution >= 4 is 11.9 Å². The van der Waals surface area contributed by atoms with Crippen LogP contribution in [-0.2, 0) is 36.3 Å². The van der Waals surface area contributed by atoms with E-state index in [9.17, 15) is 14.7 Å². The average molecular weight is 602 g/mol. The first kappa shape index (κ1) is 37.1. The number of carbonyl (C=O) groups is 2. The number of unbranched alkanes of at least 4 members (excludes halogenated alkanes) is 9. The number of benzene rings is 1. The Morgan fingerprint density at radius 1 is 0.721 bits per heavy atom. The van der Waals surface area contributed by atoms with Crippen LogP contribution in [0.15, 0.2) is 12.1 Å². The largest absolute Gasteiger partial charge is 0.872 e.